The lowest BCUT2D eigenvalue weighted by molar-refractivity contribution is 0.607. The van der Waals surface area contributed by atoms with Gasteiger partial charge in [0.25, 0.3) is 0 Å². The molecule has 0 radical (unpaired) electrons. The van der Waals surface area contributed by atoms with Gasteiger partial charge >= 0.3 is 0 Å². The highest BCUT2D eigenvalue weighted by molar-refractivity contribution is 5.54. The van der Waals surface area contributed by atoms with Crippen molar-refractivity contribution in [2.24, 2.45) is 0 Å². The number of rotatable bonds is 5. The molecule has 0 saturated heterocycles. The lowest BCUT2D eigenvalue weighted by Crippen LogP contribution is -2.22. The van der Waals surface area contributed by atoms with Crippen LogP contribution < -0.4 is 10.2 Å². The number of pyridine rings is 1. The Kier molecular flexibility index (Phi) is 4.91. The minimum Gasteiger partial charge on any atom is -0.368 e. The van der Waals surface area contributed by atoms with Gasteiger partial charge in [-0.25, -0.2) is 4.39 Å². The summed E-state index contributed by atoms with van der Waals surface area (Å²) in [6.07, 6.45) is 0. The quantitative estimate of drug-likeness (QED) is 0.913. The number of anilines is 1. The first kappa shape index (κ1) is 15.4. The summed E-state index contributed by atoms with van der Waals surface area (Å²) in [6.45, 7) is 4.70. The molecule has 2 aromatic rings. The van der Waals surface area contributed by atoms with Crippen molar-refractivity contribution in [3.8, 4) is 0 Å². The van der Waals surface area contributed by atoms with E-state index in [1.165, 1.54) is 6.07 Å². The molecule has 4 heteroatoms. The molecule has 0 aliphatic heterocycles. The van der Waals surface area contributed by atoms with Gasteiger partial charge in [-0.3, -0.25) is 4.98 Å². The fraction of sp³-hybridized carbons (Fsp3) is 0.353. The molecule has 1 heterocycles. The van der Waals surface area contributed by atoms with Crippen LogP contribution in [0.5, 0.6) is 0 Å². The van der Waals surface area contributed by atoms with Crippen molar-refractivity contribution in [3.05, 3.63) is 59.2 Å². The van der Waals surface area contributed by atoms with E-state index in [4.69, 9.17) is 0 Å². The average molecular weight is 287 g/mol. The highest BCUT2D eigenvalue weighted by atomic mass is 19.1. The van der Waals surface area contributed by atoms with Crippen LogP contribution in [0.2, 0.25) is 0 Å². The lowest BCUT2D eigenvalue weighted by atomic mass is 10.0. The molecule has 1 N–H and O–H groups in total. The van der Waals surface area contributed by atoms with Gasteiger partial charge < -0.3 is 10.2 Å². The summed E-state index contributed by atoms with van der Waals surface area (Å²) in [5.41, 5.74) is 3.97. The minimum atomic E-state index is -0.210. The third-order valence-corrected chi connectivity index (χ3v) is 3.65. The summed E-state index contributed by atoms with van der Waals surface area (Å²) in [5, 5.41) is 3.17. The van der Waals surface area contributed by atoms with E-state index in [1.54, 1.807) is 6.07 Å². The Morgan fingerprint density at radius 3 is 2.71 bits per heavy atom. The highest BCUT2D eigenvalue weighted by Gasteiger charge is 2.14. The SMILES string of the molecule is CNC(C)c1cc(F)ccc1N(C)Cc1cccc(C)n1. The van der Waals surface area contributed by atoms with E-state index in [1.807, 2.05) is 52.2 Å². The molecule has 1 unspecified atom stereocenters. The molecule has 0 fully saturated rings. The van der Waals surface area contributed by atoms with Gasteiger partial charge in [-0.2, -0.15) is 0 Å². The fourth-order valence-corrected chi connectivity index (χ4v) is 2.39. The Labute approximate surface area is 125 Å². The summed E-state index contributed by atoms with van der Waals surface area (Å²) in [4.78, 5) is 6.62. The Morgan fingerprint density at radius 1 is 1.29 bits per heavy atom. The van der Waals surface area contributed by atoms with Gasteiger partial charge in [0.05, 0.1) is 12.2 Å². The van der Waals surface area contributed by atoms with Crippen molar-refractivity contribution < 1.29 is 4.39 Å². The van der Waals surface area contributed by atoms with E-state index in [-0.39, 0.29) is 11.9 Å². The van der Waals surface area contributed by atoms with Crippen molar-refractivity contribution in [2.75, 3.05) is 19.0 Å². The van der Waals surface area contributed by atoms with Gasteiger partial charge in [0.2, 0.25) is 0 Å². The minimum absolute atomic E-state index is 0.0867. The van der Waals surface area contributed by atoms with Gasteiger partial charge in [-0.05, 0) is 56.8 Å². The molecule has 3 nitrogen and oxygen atoms in total. The Balaban J connectivity index is 2.28. The summed E-state index contributed by atoms with van der Waals surface area (Å²) in [6, 6.07) is 11.0. The monoisotopic (exact) mass is 287 g/mol. The molecule has 1 aromatic carbocycles. The van der Waals surface area contributed by atoms with E-state index < -0.39 is 0 Å². The number of aryl methyl sites for hydroxylation is 1. The number of hydrogen-bond acceptors (Lipinski definition) is 3. The topological polar surface area (TPSA) is 28.2 Å². The van der Waals surface area contributed by atoms with Crippen molar-refractivity contribution in [1.82, 2.24) is 10.3 Å². The second-order valence-corrected chi connectivity index (χ2v) is 5.34. The van der Waals surface area contributed by atoms with Crippen LogP contribution >= 0.6 is 0 Å². The molecule has 112 valence electrons. The highest BCUT2D eigenvalue weighted by Crippen LogP contribution is 2.27. The third-order valence-electron chi connectivity index (χ3n) is 3.65. The molecular weight excluding hydrogens is 265 g/mol. The molecular formula is C17H22FN3. The molecule has 0 amide bonds. The summed E-state index contributed by atoms with van der Waals surface area (Å²) in [7, 11) is 3.88. The molecule has 0 aliphatic rings. The molecule has 0 bridgehead atoms. The van der Waals surface area contributed by atoms with Gasteiger partial charge in [-0.15, -0.1) is 0 Å². The molecule has 0 aliphatic carbocycles. The average Bonchev–Trinajstić information content (AvgIpc) is 2.46. The van der Waals surface area contributed by atoms with Gasteiger partial charge in [0.1, 0.15) is 5.82 Å². The molecule has 1 aromatic heterocycles. The van der Waals surface area contributed by atoms with E-state index in [2.05, 4.69) is 15.2 Å². The van der Waals surface area contributed by atoms with Crippen molar-refractivity contribution in [1.29, 1.82) is 0 Å². The molecule has 0 spiro atoms. The fourth-order valence-electron chi connectivity index (χ4n) is 2.39. The second kappa shape index (κ2) is 6.68. The zero-order valence-electron chi connectivity index (χ0n) is 13.0. The van der Waals surface area contributed by atoms with E-state index in [0.29, 0.717) is 6.54 Å². The van der Waals surface area contributed by atoms with E-state index >= 15 is 0 Å². The smallest absolute Gasteiger partial charge is 0.123 e. The van der Waals surface area contributed by atoms with Crippen molar-refractivity contribution in [3.63, 3.8) is 0 Å². The molecule has 21 heavy (non-hydrogen) atoms. The number of aromatic nitrogens is 1. The summed E-state index contributed by atoms with van der Waals surface area (Å²) < 4.78 is 13.5. The van der Waals surface area contributed by atoms with Crippen LogP contribution in [-0.4, -0.2) is 19.1 Å². The number of benzene rings is 1. The first-order chi connectivity index (χ1) is 10.0. The van der Waals surface area contributed by atoms with Crippen LogP contribution in [0, 0.1) is 12.7 Å². The Bertz CT molecular complexity index is 613. The Hall–Kier alpha value is -1.94. The number of hydrogen-bond donors (Lipinski definition) is 1. The summed E-state index contributed by atoms with van der Waals surface area (Å²) >= 11 is 0. The largest absolute Gasteiger partial charge is 0.368 e. The van der Waals surface area contributed by atoms with Crippen LogP contribution in [0.25, 0.3) is 0 Å². The summed E-state index contributed by atoms with van der Waals surface area (Å²) in [5.74, 6) is -0.210. The van der Waals surface area contributed by atoms with Crippen LogP contribution in [0.4, 0.5) is 10.1 Å². The maximum Gasteiger partial charge on any atom is 0.123 e. The van der Waals surface area contributed by atoms with E-state index in [0.717, 1.165) is 22.6 Å². The van der Waals surface area contributed by atoms with E-state index in [9.17, 15) is 4.39 Å². The lowest BCUT2D eigenvalue weighted by Gasteiger charge is -2.25. The van der Waals surface area contributed by atoms with Crippen molar-refractivity contribution in [2.45, 2.75) is 26.4 Å². The number of nitrogens with one attached hydrogen (secondary N) is 1. The maximum atomic E-state index is 13.5. The van der Waals surface area contributed by atoms with Crippen LogP contribution in [0.3, 0.4) is 0 Å². The van der Waals surface area contributed by atoms with Gasteiger partial charge in [-0.1, -0.05) is 6.07 Å². The third kappa shape index (κ3) is 3.79. The maximum absolute atomic E-state index is 13.5. The first-order valence-electron chi connectivity index (χ1n) is 7.11. The zero-order chi connectivity index (χ0) is 15.4. The number of nitrogens with zero attached hydrogens (tertiary/aromatic N) is 2. The molecule has 2 rings (SSSR count). The van der Waals surface area contributed by atoms with Crippen LogP contribution in [-0.2, 0) is 6.54 Å². The normalized spacial score (nSPS) is 12.2. The van der Waals surface area contributed by atoms with Gasteiger partial charge in [0.15, 0.2) is 0 Å². The molecule has 1 atom stereocenters. The number of halogens is 1. The second-order valence-electron chi connectivity index (χ2n) is 5.34. The van der Waals surface area contributed by atoms with Crippen LogP contribution in [0.1, 0.15) is 29.9 Å². The first-order valence-corrected chi connectivity index (χ1v) is 7.11. The van der Waals surface area contributed by atoms with Crippen LogP contribution in [0.15, 0.2) is 36.4 Å². The van der Waals surface area contributed by atoms with Gasteiger partial charge in [0, 0.05) is 24.5 Å². The standard InChI is InChI=1S/C17H22FN3/c1-12-6-5-7-15(20-12)11-21(4)17-9-8-14(18)10-16(17)13(2)19-3/h5-10,13,19H,11H2,1-4H3. The van der Waals surface area contributed by atoms with Crippen molar-refractivity contribution >= 4 is 5.69 Å². The zero-order valence-corrected chi connectivity index (χ0v) is 13.0. The predicted molar refractivity (Wildman–Crippen MR) is 85.0 cm³/mol. The molecule has 0 saturated carbocycles. The predicted octanol–water partition coefficient (Wildman–Crippen LogP) is 3.45. The Morgan fingerprint density at radius 2 is 2.05 bits per heavy atom.